The molecule has 0 bridgehead atoms. The molecule has 1 aromatic carbocycles. The van der Waals surface area contributed by atoms with E-state index in [0.717, 1.165) is 63.5 Å². The van der Waals surface area contributed by atoms with Crippen molar-refractivity contribution in [3.8, 4) is 5.75 Å². The lowest BCUT2D eigenvalue weighted by Gasteiger charge is -2.49. The largest absolute Gasteiger partial charge is 0.497 e. The number of amides is 1. The van der Waals surface area contributed by atoms with Crippen LogP contribution >= 0.6 is 0 Å². The van der Waals surface area contributed by atoms with Crippen LogP contribution in [0.25, 0.3) is 0 Å². The first-order chi connectivity index (χ1) is 12.2. The van der Waals surface area contributed by atoms with E-state index >= 15 is 0 Å². The number of ether oxygens (including phenoxy) is 3. The predicted molar refractivity (Wildman–Crippen MR) is 95.7 cm³/mol. The molecule has 5 nitrogen and oxygen atoms in total. The van der Waals surface area contributed by atoms with Crippen molar-refractivity contribution in [3.63, 3.8) is 0 Å². The summed E-state index contributed by atoms with van der Waals surface area (Å²) < 4.78 is 16.3. The van der Waals surface area contributed by atoms with Crippen LogP contribution < -0.4 is 4.74 Å². The summed E-state index contributed by atoms with van der Waals surface area (Å²) in [6.07, 6.45) is 3.62. The third-order valence-corrected chi connectivity index (χ3v) is 5.90. The maximum absolute atomic E-state index is 12.7. The van der Waals surface area contributed by atoms with Gasteiger partial charge in [-0.1, -0.05) is 12.1 Å². The van der Waals surface area contributed by atoms with E-state index in [1.165, 1.54) is 0 Å². The number of rotatable bonds is 5. The molecule has 1 atom stereocenters. The molecule has 2 aliphatic heterocycles. The van der Waals surface area contributed by atoms with Gasteiger partial charge in [0.25, 0.3) is 0 Å². The lowest BCUT2D eigenvalue weighted by Crippen LogP contribution is -2.50. The summed E-state index contributed by atoms with van der Waals surface area (Å²) in [6.45, 7) is 4.04. The van der Waals surface area contributed by atoms with Crippen molar-refractivity contribution in [2.75, 3.05) is 47.1 Å². The Morgan fingerprint density at radius 3 is 2.80 bits per heavy atom. The first-order valence-electron chi connectivity index (χ1n) is 9.14. The summed E-state index contributed by atoms with van der Waals surface area (Å²) in [5, 5.41) is 0. The Hall–Kier alpha value is -1.59. The van der Waals surface area contributed by atoms with Crippen LogP contribution in [0.4, 0.5) is 0 Å². The molecule has 0 N–H and O–H groups in total. The van der Waals surface area contributed by atoms with Crippen LogP contribution in [0, 0.1) is 11.3 Å². The van der Waals surface area contributed by atoms with Gasteiger partial charge in [0, 0.05) is 32.7 Å². The minimum Gasteiger partial charge on any atom is -0.497 e. The highest BCUT2D eigenvalue weighted by molar-refractivity contribution is 5.79. The van der Waals surface area contributed by atoms with Crippen LogP contribution in [0.1, 0.15) is 24.8 Å². The zero-order chi connectivity index (χ0) is 17.7. The van der Waals surface area contributed by atoms with Crippen molar-refractivity contribution >= 4 is 5.91 Å². The van der Waals surface area contributed by atoms with Gasteiger partial charge in [0.05, 0.1) is 26.7 Å². The van der Waals surface area contributed by atoms with Crippen molar-refractivity contribution in [2.24, 2.45) is 11.3 Å². The van der Waals surface area contributed by atoms with E-state index in [2.05, 4.69) is 0 Å². The van der Waals surface area contributed by atoms with Gasteiger partial charge in [0.2, 0.25) is 5.91 Å². The van der Waals surface area contributed by atoms with Gasteiger partial charge in [0.15, 0.2) is 0 Å². The fraction of sp³-hybridized carbons (Fsp3) is 0.650. The van der Waals surface area contributed by atoms with Crippen LogP contribution in [0.2, 0.25) is 0 Å². The number of hydrogen-bond donors (Lipinski definition) is 0. The van der Waals surface area contributed by atoms with Crippen molar-refractivity contribution in [2.45, 2.75) is 25.7 Å². The van der Waals surface area contributed by atoms with E-state index in [4.69, 9.17) is 14.2 Å². The average molecular weight is 347 g/mol. The Kier molecular flexibility index (Phi) is 5.97. The fourth-order valence-corrected chi connectivity index (χ4v) is 4.24. The van der Waals surface area contributed by atoms with Crippen molar-refractivity contribution < 1.29 is 19.0 Å². The SMILES string of the molecule is COC[C@H]1COCCC12CCN(C(=O)Cc1cccc(OC)c1)CC2. The minimum atomic E-state index is 0.207. The van der Waals surface area contributed by atoms with Crippen LogP contribution in [-0.4, -0.2) is 57.9 Å². The number of carbonyl (C=O) groups excluding carboxylic acids is 1. The molecule has 0 aliphatic carbocycles. The molecule has 25 heavy (non-hydrogen) atoms. The molecular weight excluding hydrogens is 318 g/mol. The van der Waals surface area contributed by atoms with Crippen LogP contribution in [0.15, 0.2) is 24.3 Å². The van der Waals surface area contributed by atoms with E-state index in [-0.39, 0.29) is 11.3 Å². The normalized spacial score (nSPS) is 22.8. The molecule has 0 unspecified atom stereocenters. The number of piperidine rings is 1. The monoisotopic (exact) mass is 347 g/mol. The molecule has 2 saturated heterocycles. The van der Waals surface area contributed by atoms with Gasteiger partial charge in [-0.3, -0.25) is 4.79 Å². The number of likely N-dealkylation sites (tertiary alicyclic amines) is 1. The second-order valence-electron chi connectivity index (χ2n) is 7.25. The zero-order valence-electron chi connectivity index (χ0n) is 15.3. The van der Waals surface area contributed by atoms with Gasteiger partial charge in [-0.2, -0.15) is 0 Å². The highest BCUT2D eigenvalue weighted by Crippen LogP contribution is 2.44. The van der Waals surface area contributed by atoms with Crippen LogP contribution in [0.5, 0.6) is 5.75 Å². The summed E-state index contributed by atoms with van der Waals surface area (Å²) in [5.41, 5.74) is 1.29. The first-order valence-corrected chi connectivity index (χ1v) is 9.14. The Morgan fingerprint density at radius 2 is 2.08 bits per heavy atom. The molecule has 138 valence electrons. The Balaban J connectivity index is 1.58. The Bertz CT molecular complexity index is 579. The molecule has 0 aromatic heterocycles. The topological polar surface area (TPSA) is 48.0 Å². The number of hydrogen-bond acceptors (Lipinski definition) is 4. The Labute approximate surface area is 150 Å². The van der Waals surface area contributed by atoms with Crippen molar-refractivity contribution in [1.82, 2.24) is 4.90 Å². The first kappa shape index (κ1) is 18.2. The molecule has 3 rings (SSSR count). The van der Waals surface area contributed by atoms with Crippen molar-refractivity contribution in [3.05, 3.63) is 29.8 Å². The molecule has 1 aromatic rings. The summed E-state index contributed by atoms with van der Waals surface area (Å²) >= 11 is 0. The van der Waals surface area contributed by atoms with Gasteiger partial charge < -0.3 is 19.1 Å². The van der Waals surface area contributed by atoms with Gasteiger partial charge >= 0.3 is 0 Å². The molecule has 0 saturated carbocycles. The highest BCUT2D eigenvalue weighted by Gasteiger charge is 2.43. The number of nitrogens with zero attached hydrogens (tertiary/aromatic N) is 1. The maximum atomic E-state index is 12.7. The molecule has 1 amide bonds. The van der Waals surface area contributed by atoms with Gasteiger partial charge in [-0.15, -0.1) is 0 Å². The molecular formula is C20H29NO4. The standard InChI is InChI=1S/C20H29NO4/c1-23-14-17-15-25-11-8-20(17)6-9-21(10-7-20)19(22)13-16-4-3-5-18(12-16)24-2/h3-5,12,17H,6-11,13-15H2,1-2H3/t17-/m0/s1. The summed E-state index contributed by atoms with van der Waals surface area (Å²) in [7, 11) is 3.41. The molecule has 1 spiro atoms. The van der Waals surface area contributed by atoms with E-state index in [1.54, 1.807) is 14.2 Å². The second kappa shape index (κ2) is 8.19. The smallest absolute Gasteiger partial charge is 0.226 e. The molecule has 0 radical (unpaired) electrons. The van der Waals surface area contributed by atoms with E-state index in [9.17, 15) is 4.79 Å². The van der Waals surface area contributed by atoms with Crippen LogP contribution in [0.3, 0.4) is 0 Å². The van der Waals surface area contributed by atoms with Gasteiger partial charge in [0.1, 0.15) is 5.75 Å². The number of methoxy groups -OCH3 is 2. The van der Waals surface area contributed by atoms with E-state index in [1.807, 2.05) is 29.2 Å². The highest BCUT2D eigenvalue weighted by atomic mass is 16.5. The van der Waals surface area contributed by atoms with E-state index in [0.29, 0.717) is 12.3 Å². The lowest BCUT2D eigenvalue weighted by atomic mass is 9.66. The Morgan fingerprint density at radius 1 is 1.28 bits per heavy atom. The number of benzene rings is 1. The second-order valence-corrected chi connectivity index (χ2v) is 7.25. The lowest BCUT2D eigenvalue weighted by molar-refractivity contribution is -0.137. The third-order valence-electron chi connectivity index (χ3n) is 5.90. The zero-order valence-corrected chi connectivity index (χ0v) is 15.3. The molecule has 2 aliphatic rings. The average Bonchev–Trinajstić information content (AvgIpc) is 2.64. The van der Waals surface area contributed by atoms with Gasteiger partial charge in [-0.05, 0) is 42.4 Å². The summed E-state index contributed by atoms with van der Waals surface area (Å²) in [6, 6.07) is 7.76. The van der Waals surface area contributed by atoms with Crippen molar-refractivity contribution in [1.29, 1.82) is 0 Å². The van der Waals surface area contributed by atoms with Crippen LogP contribution in [-0.2, 0) is 20.7 Å². The number of carbonyl (C=O) groups is 1. The summed E-state index contributed by atoms with van der Waals surface area (Å²) in [4.78, 5) is 14.7. The van der Waals surface area contributed by atoms with E-state index < -0.39 is 0 Å². The maximum Gasteiger partial charge on any atom is 0.226 e. The predicted octanol–water partition coefficient (Wildman–Crippen LogP) is 2.53. The quantitative estimate of drug-likeness (QED) is 0.821. The minimum absolute atomic E-state index is 0.207. The molecule has 2 heterocycles. The molecule has 2 fully saturated rings. The molecule has 5 heteroatoms. The van der Waals surface area contributed by atoms with Gasteiger partial charge in [-0.25, -0.2) is 0 Å². The fourth-order valence-electron chi connectivity index (χ4n) is 4.24. The third kappa shape index (κ3) is 4.15. The summed E-state index contributed by atoms with van der Waals surface area (Å²) in [5.74, 6) is 1.45.